The molecule has 2 atom stereocenters. The Balaban J connectivity index is 1.93. The molecule has 1 aliphatic rings. The van der Waals surface area contributed by atoms with Crippen LogP contribution in [0.15, 0.2) is 60.7 Å². The molecule has 1 heterocycles. The fourth-order valence-corrected chi connectivity index (χ4v) is 3.27. The first-order valence-corrected chi connectivity index (χ1v) is 7.82. The molecular formula is C19H21NO3. The number of hydrogen-bond acceptors (Lipinski definition) is 3. The highest BCUT2D eigenvalue weighted by Gasteiger charge is 2.49. The first-order chi connectivity index (χ1) is 11.2. The Kier molecular flexibility index (Phi) is 4.35. The van der Waals surface area contributed by atoms with Crippen LogP contribution in [0.1, 0.15) is 24.1 Å². The van der Waals surface area contributed by atoms with Crippen molar-refractivity contribution in [1.29, 1.82) is 0 Å². The van der Waals surface area contributed by atoms with Gasteiger partial charge in [-0.05, 0) is 18.1 Å². The van der Waals surface area contributed by atoms with Crippen molar-refractivity contribution >= 4 is 6.09 Å². The Morgan fingerprint density at radius 2 is 1.74 bits per heavy atom. The molecule has 4 heteroatoms. The fraction of sp³-hybridized carbons (Fsp3) is 0.316. The molecule has 3 rings (SSSR count). The van der Waals surface area contributed by atoms with E-state index in [1.165, 1.54) is 0 Å². The summed E-state index contributed by atoms with van der Waals surface area (Å²) in [7, 11) is 0. The summed E-state index contributed by atoms with van der Waals surface area (Å²) in [6.07, 6.45) is 0.194. The fourth-order valence-electron chi connectivity index (χ4n) is 3.27. The summed E-state index contributed by atoms with van der Waals surface area (Å²) in [6, 6.07) is 19.5. The van der Waals surface area contributed by atoms with Gasteiger partial charge >= 0.3 is 6.09 Å². The van der Waals surface area contributed by atoms with Crippen LogP contribution in [0, 0.1) is 0 Å². The van der Waals surface area contributed by atoms with E-state index in [-0.39, 0.29) is 25.3 Å². The second kappa shape index (κ2) is 6.42. The summed E-state index contributed by atoms with van der Waals surface area (Å²) in [5.74, 6) is 0. The molecule has 1 fully saturated rings. The third-order valence-electron chi connectivity index (χ3n) is 4.51. The van der Waals surface area contributed by atoms with E-state index in [4.69, 9.17) is 4.74 Å². The largest absolute Gasteiger partial charge is 0.447 e. The molecule has 0 aromatic heterocycles. The topological polar surface area (TPSA) is 49.8 Å². The van der Waals surface area contributed by atoms with Crippen LogP contribution in [0.4, 0.5) is 4.79 Å². The molecule has 0 aliphatic carbocycles. The average molecular weight is 311 g/mol. The molecule has 1 N–H and O–H groups in total. The van der Waals surface area contributed by atoms with Crippen LogP contribution in [0.3, 0.4) is 0 Å². The van der Waals surface area contributed by atoms with E-state index in [1.807, 2.05) is 67.6 Å². The van der Waals surface area contributed by atoms with Crippen LogP contribution in [0.2, 0.25) is 0 Å². The molecule has 0 spiro atoms. The smallest absolute Gasteiger partial charge is 0.411 e. The molecule has 0 unspecified atom stereocenters. The van der Waals surface area contributed by atoms with Gasteiger partial charge in [-0.3, -0.25) is 4.90 Å². The van der Waals surface area contributed by atoms with Crippen LogP contribution < -0.4 is 0 Å². The molecule has 2 aromatic carbocycles. The number of rotatable bonds is 5. The van der Waals surface area contributed by atoms with E-state index < -0.39 is 5.54 Å². The van der Waals surface area contributed by atoms with E-state index >= 15 is 0 Å². The highest BCUT2D eigenvalue weighted by molar-refractivity contribution is 5.72. The van der Waals surface area contributed by atoms with Gasteiger partial charge in [0.1, 0.15) is 12.1 Å². The Morgan fingerprint density at radius 3 is 2.35 bits per heavy atom. The van der Waals surface area contributed by atoms with Gasteiger partial charge in [0.2, 0.25) is 0 Å². The van der Waals surface area contributed by atoms with E-state index in [0.717, 1.165) is 11.1 Å². The summed E-state index contributed by atoms with van der Waals surface area (Å²) in [5.41, 5.74) is 1.37. The van der Waals surface area contributed by atoms with E-state index in [2.05, 4.69) is 0 Å². The Bertz CT molecular complexity index is 659. The number of carbonyl (C=O) groups is 1. The van der Waals surface area contributed by atoms with E-state index in [1.54, 1.807) is 4.90 Å². The number of hydrogen-bond donors (Lipinski definition) is 1. The Hall–Kier alpha value is -2.33. The lowest BCUT2D eigenvalue weighted by molar-refractivity contribution is 0.0627. The van der Waals surface area contributed by atoms with Crippen LogP contribution in [-0.2, 0) is 11.2 Å². The van der Waals surface area contributed by atoms with Gasteiger partial charge in [0.25, 0.3) is 0 Å². The Morgan fingerprint density at radius 1 is 1.13 bits per heavy atom. The van der Waals surface area contributed by atoms with Crippen molar-refractivity contribution in [3.05, 3.63) is 71.8 Å². The summed E-state index contributed by atoms with van der Waals surface area (Å²) >= 11 is 0. The summed E-state index contributed by atoms with van der Waals surface area (Å²) in [5, 5.41) is 10.1. The zero-order valence-corrected chi connectivity index (χ0v) is 13.2. The molecule has 1 saturated heterocycles. The van der Waals surface area contributed by atoms with Crippen LogP contribution >= 0.6 is 0 Å². The maximum atomic E-state index is 12.3. The SMILES string of the molecule is C[C@@H](c1ccccc1)N1C(=O)OC[C@]1(CO)Cc1ccccc1. The summed E-state index contributed by atoms with van der Waals surface area (Å²) in [6.45, 7) is 2.04. The molecule has 1 amide bonds. The van der Waals surface area contributed by atoms with Gasteiger partial charge in [-0.2, -0.15) is 0 Å². The minimum absolute atomic E-state index is 0.134. The van der Waals surface area contributed by atoms with Crippen molar-refractivity contribution in [3.63, 3.8) is 0 Å². The van der Waals surface area contributed by atoms with Crippen molar-refractivity contribution in [3.8, 4) is 0 Å². The lowest BCUT2D eigenvalue weighted by Crippen LogP contribution is -2.52. The quantitative estimate of drug-likeness (QED) is 0.922. The minimum Gasteiger partial charge on any atom is -0.447 e. The maximum absolute atomic E-state index is 12.3. The number of amides is 1. The van der Waals surface area contributed by atoms with Crippen molar-refractivity contribution in [2.24, 2.45) is 0 Å². The normalized spacial score (nSPS) is 22.0. The lowest BCUT2D eigenvalue weighted by Gasteiger charge is -2.38. The molecule has 120 valence electrons. The highest BCUT2D eigenvalue weighted by atomic mass is 16.6. The lowest BCUT2D eigenvalue weighted by atomic mass is 9.89. The predicted octanol–water partition coefficient (Wildman–Crippen LogP) is 3.17. The van der Waals surface area contributed by atoms with Gasteiger partial charge in [0.15, 0.2) is 0 Å². The number of carbonyl (C=O) groups excluding carboxylic acids is 1. The summed E-state index contributed by atoms with van der Waals surface area (Å²) in [4.78, 5) is 14.0. The number of aliphatic hydroxyl groups is 1. The molecule has 23 heavy (non-hydrogen) atoms. The van der Waals surface area contributed by atoms with Crippen LogP contribution in [0.5, 0.6) is 0 Å². The number of aliphatic hydroxyl groups excluding tert-OH is 1. The standard InChI is InChI=1S/C19H21NO3/c1-15(17-10-6-3-7-11-17)20-18(22)23-14-19(20,13-21)12-16-8-4-2-5-9-16/h2-11,15,21H,12-14H2,1H3/t15-,19+/m0/s1. The van der Waals surface area contributed by atoms with Crippen molar-refractivity contribution in [1.82, 2.24) is 4.90 Å². The first kappa shape index (κ1) is 15.6. The number of benzene rings is 2. The zero-order valence-electron chi connectivity index (χ0n) is 13.2. The van der Waals surface area contributed by atoms with E-state index in [0.29, 0.717) is 6.42 Å². The molecule has 2 aromatic rings. The Labute approximate surface area is 136 Å². The van der Waals surface area contributed by atoms with Gasteiger partial charge in [0, 0.05) is 6.42 Å². The molecular weight excluding hydrogens is 290 g/mol. The molecule has 4 nitrogen and oxygen atoms in total. The third kappa shape index (κ3) is 2.94. The maximum Gasteiger partial charge on any atom is 0.411 e. The molecule has 1 aliphatic heterocycles. The van der Waals surface area contributed by atoms with Gasteiger partial charge in [0.05, 0.1) is 12.6 Å². The van der Waals surface area contributed by atoms with Gasteiger partial charge < -0.3 is 9.84 Å². The third-order valence-corrected chi connectivity index (χ3v) is 4.51. The molecule has 0 saturated carbocycles. The second-order valence-electron chi connectivity index (χ2n) is 6.06. The van der Waals surface area contributed by atoms with Crippen molar-refractivity contribution in [2.75, 3.05) is 13.2 Å². The monoisotopic (exact) mass is 311 g/mol. The van der Waals surface area contributed by atoms with Crippen LogP contribution in [0.25, 0.3) is 0 Å². The minimum atomic E-state index is -0.728. The van der Waals surface area contributed by atoms with Crippen molar-refractivity contribution in [2.45, 2.75) is 24.9 Å². The molecule has 0 radical (unpaired) electrons. The van der Waals surface area contributed by atoms with Gasteiger partial charge in [-0.25, -0.2) is 4.79 Å². The van der Waals surface area contributed by atoms with Crippen LogP contribution in [-0.4, -0.2) is 34.9 Å². The van der Waals surface area contributed by atoms with Crippen molar-refractivity contribution < 1.29 is 14.6 Å². The highest BCUT2D eigenvalue weighted by Crippen LogP contribution is 2.36. The number of nitrogens with zero attached hydrogens (tertiary/aromatic N) is 1. The average Bonchev–Trinajstić information content (AvgIpc) is 2.93. The zero-order chi connectivity index (χ0) is 16.3. The summed E-state index contributed by atoms with van der Waals surface area (Å²) < 4.78 is 5.31. The predicted molar refractivity (Wildman–Crippen MR) is 88.0 cm³/mol. The van der Waals surface area contributed by atoms with Gasteiger partial charge in [-0.15, -0.1) is 0 Å². The molecule has 0 bridgehead atoms. The van der Waals surface area contributed by atoms with E-state index in [9.17, 15) is 9.90 Å². The second-order valence-corrected chi connectivity index (χ2v) is 6.06. The number of cyclic esters (lactones) is 1. The van der Waals surface area contributed by atoms with Gasteiger partial charge in [-0.1, -0.05) is 60.7 Å². The first-order valence-electron chi connectivity index (χ1n) is 7.82. The number of ether oxygens (including phenoxy) is 1.